The Morgan fingerprint density at radius 2 is 1.95 bits per heavy atom. The van der Waals surface area contributed by atoms with Crippen molar-refractivity contribution in [3.8, 4) is 0 Å². The van der Waals surface area contributed by atoms with Crippen LogP contribution in [0.1, 0.15) is 17.2 Å². The van der Waals surface area contributed by atoms with Crippen LogP contribution < -0.4 is 10.6 Å². The van der Waals surface area contributed by atoms with Gasteiger partial charge in [-0.3, -0.25) is 0 Å². The van der Waals surface area contributed by atoms with E-state index in [0.717, 1.165) is 25.2 Å². The van der Waals surface area contributed by atoms with Crippen LogP contribution in [0.25, 0.3) is 0 Å². The van der Waals surface area contributed by atoms with Crippen molar-refractivity contribution in [2.75, 3.05) is 18.0 Å². The Kier molecular flexibility index (Phi) is 3.53. The number of benzene rings is 1. The highest BCUT2D eigenvalue weighted by molar-refractivity contribution is 7.10. The van der Waals surface area contributed by atoms with Gasteiger partial charge in [0.15, 0.2) is 0 Å². The number of rotatable bonds is 2. The molecule has 2 N–H and O–H groups in total. The fourth-order valence-corrected chi connectivity index (χ4v) is 3.57. The molecule has 0 aliphatic carbocycles. The largest absolute Gasteiger partial charge is 0.369 e. The summed E-state index contributed by atoms with van der Waals surface area (Å²) in [6.07, 6.45) is 1.03. The standard InChI is InChI=1S/C15H17FN2S/c16-12-3-5-14(6-4-12)18-9-11(8-13(17)10-18)15-2-1-7-19-15/h1-7,11,13H,8-10,17H2. The fourth-order valence-electron chi connectivity index (χ4n) is 2.73. The quantitative estimate of drug-likeness (QED) is 0.912. The molecule has 1 fully saturated rings. The van der Waals surface area contributed by atoms with Crippen LogP contribution >= 0.6 is 11.3 Å². The van der Waals surface area contributed by atoms with Crippen LogP contribution in [0.15, 0.2) is 41.8 Å². The molecular formula is C15H17FN2S. The van der Waals surface area contributed by atoms with Crippen molar-refractivity contribution in [1.29, 1.82) is 0 Å². The molecule has 0 radical (unpaired) electrons. The van der Waals surface area contributed by atoms with Gasteiger partial charge in [0.2, 0.25) is 0 Å². The van der Waals surface area contributed by atoms with E-state index in [0.29, 0.717) is 5.92 Å². The summed E-state index contributed by atoms with van der Waals surface area (Å²) in [7, 11) is 0. The van der Waals surface area contributed by atoms with E-state index in [2.05, 4.69) is 22.4 Å². The molecule has 1 aromatic carbocycles. The maximum atomic E-state index is 13.0. The van der Waals surface area contributed by atoms with E-state index in [1.54, 1.807) is 11.3 Å². The Morgan fingerprint density at radius 3 is 2.63 bits per heavy atom. The molecule has 2 aromatic rings. The smallest absolute Gasteiger partial charge is 0.123 e. The molecular weight excluding hydrogens is 259 g/mol. The summed E-state index contributed by atoms with van der Waals surface area (Å²) >= 11 is 1.79. The summed E-state index contributed by atoms with van der Waals surface area (Å²) in [4.78, 5) is 3.65. The minimum absolute atomic E-state index is 0.172. The van der Waals surface area contributed by atoms with Gasteiger partial charge >= 0.3 is 0 Å². The van der Waals surface area contributed by atoms with E-state index in [4.69, 9.17) is 5.73 Å². The van der Waals surface area contributed by atoms with Crippen molar-refractivity contribution in [3.05, 3.63) is 52.5 Å². The predicted molar refractivity (Wildman–Crippen MR) is 78.3 cm³/mol. The van der Waals surface area contributed by atoms with Gasteiger partial charge in [-0.1, -0.05) is 6.07 Å². The first-order valence-corrected chi connectivity index (χ1v) is 7.40. The van der Waals surface area contributed by atoms with Gasteiger partial charge in [-0.15, -0.1) is 11.3 Å². The van der Waals surface area contributed by atoms with E-state index in [-0.39, 0.29) is 11.9 Å². The summed E-state index contributed by atoms with van der Waals surface area (Å²) in [6, 6.07) is 11.1. The summed E-state index contributed by atoms with van der Waals surface area (Å²) in [6.45, 7) is 1.80. The van der Waals surface area contributed by atoms with Gasteiger partial charge in [0.25, 0.3) is 0 Å². The minimum atomic E-state index is -0.195. The lowest BCUT2D eigenvalue weighted by molar-refractivity contribution is 0.458. The van der Waals surface area contributed by atoms with Gasteiger partial charge in [-0.05, 0) is 42.1 Å². The molecule has 0 amide bonds. The average Bonchev–Trinajstić information content (AvgIpc) is 2.93. The zero-order valence-corrected chi connectivity index (χ0v) is 11.4. The summed E-state index contributed by atoms with van der Waals surface area (Å²) in [5.41, 5.74) is 7.23. The zero-order chi connectivity index (χ0) is 13.2. The Bertz CT molecular complexity index is 524. The van der Waals surface area contributed by atoms with Gasteiger partial charge in [0.05, 0.1) is 0 Å². The number of hydrogen-bond donors (Lipinski definition) is 1. The molecule has 3 rings (SSSR count). The van der Waals surface area contributed by atoms with E-state index in [1.807, 2.05) is 12.1 Å². The van der Waals surface area contributed by atoms with Crippen molar-refractivity contribution in [3.63, 3.8) is 0 Å². The number of hydrogen-bond acceptors (Lipinski definition) is 3. The average molecular weight is 276 g/mol. The molecule has 0 spiro atoms. The molecule has 1 saturated heterocycles. The normalized spacial score (nSPS) is 23.6. The molecule has 19 heavy (non-hydrogen) atoms. The molecule has 2 atom stereocenters. The highest BCUT2D eigenvalue weighted by atomic mass is 32.1. The van der Waals surface area contributed by atoms with Crippen LogP contribution in [-0.2, 0) is 0 Å². The molecule has 4 heteroatoms. The van der Waals surface area contributed by atoms with Crippen LogP contribution in [0.3, 0.4) is 0 Å². The third-order valence-corrected chi connectivity index (χ3v) is 4.66. The van der Waals surface area contributed by atoms with E-state index < -0.39 is 0 Å². The SMILES string of the molecule is NC1CC(c2cccs2)CN(c2ccc(F)cc2)C1. The maximum Gasteiger partial charge on any atom is 0.123 e. The predicted octanol–water partition coefficient (Wildman–Crippen LogP) is 3.21. The Balaban J connectivity index is 1.80. The van der Waals surface area contributed by atoms with Gasteiger partial charge in [0, 0.05) is 35.6 Å². The lowest BCUT2D eigenvalue weighted by Gasteiger charge is -2.37. The number of thiophene rings is 1. The van der Waals surface area contributed by atoms with Gasteiger partial charge in [-0.25, -0.2) is 4.39 Å². The molecule has 1 aliphatic heterocycles. The maximum absolute atomic E-state index is 13.0. The van der Waals surface area contributed by atoms with Crippen molar-refractivity contribution >= 4 is 17.0 Å². The first-order valence-electron chi connectivity index (χ1n) is 6.52. The van der Waals surface area contributed by atoms with Crippen molar-refractivity contribution in [1.82, 2.24) is 0 Å². The number of anilines is 1. The van der Waals surface area contributed by atoms with Gasteiger partial charge in [0.1, 0.15) is 5.82 Å². The van der Waals surface area contributed by atoms with Crippen LogP contribution in [0.5, 0.6) is 0 Å². The second-order valence-corrected chi connectivity index (χ2v) is 6.07. The van der Waals surface area contributed by atoms with E-state index in [9.17, 15) is 4.39 Å². The third-order valence-electron chi connectivity index (χ3n) is 3.62. The van der Waals surface area contributed by atoms with Crippen molar-refractivity contribution < 1.29 is 4.39 Å². The summed E-state index contributed by atoms with van der Waals surface area (Å²) in [5, 5.41) is 2.11. The third kappa shape index (κ3) is 2.80. The second-order valence-electron chi connectivity index (χ2n) is 5.09. The molecule has 1 aliphatic rings. The molecule has 0 bridgehead atoms. The van der Waals surface area contributed by atoms with Gasteiger partial charge in [-0.2, -0.15) is 0 Å². The Hall–Kier alpha value is -1.39. The number of nitrogens with zero attached hydrogens (tertiary/aromatic N) is 1. The molecule has 1 aromatic heterocycles. The number of piperidine rings is 1. The van der Waals surface area contributed by atoms with E-state index in [1.165, 1.54) is 17.0 Å². The molecule has 100 valence electrons. The van der Waals surface area contributed by atoms with Crippen LogP contribution in [0.2, 0.25) is 0 Å². The molecule has 0 saturated carbocycles. The first kappa shape index (κ1) is 12.6. The van der Waals surface area contributed by atoms with E-state index >= 15 is 0 Å². The first-order chi connectivity index (χ1) is 9.22. The Labute approximate surface area is 116 Å². The topological polar surface area (TPSA) is 29.3 Å². The highest BCUT2D eigenvalue weighted by Gasteiger charge is 2.26. The van der Waals surface area contributed by atoms with Crippen molar-refractivity contribution in [2.45, 2.75) is 18.4 Å². The highest BCUT2D eigenvalue weighted by Crippen LogP contribution is 2.31. The minimum Gasteiger partial charge on any atom is -0.369 e. The zero-order valence-electron chi connectivity index (χ0n) is 10.6. The molecule has 2 nitrogen and oxygen atoms in total. The van der Waals surface area contributed by atoms with Crippen molar-refractivity contribution in [2.24, 2.45) is 5.73 Å². The Morgan fingerprint density at radius 1 is 1.16 bits per heavy atom. The van der Waals surface area contributed by atoms with Gasteiger partial charge < -0.3 is 10.6 Å². The summed E-state index contributed by atoms with van der Waals surface area (Å²) in [5.74, 6) is 0.286. The fraction of sp³-hybridized carbons (Fsp3) is 0.333. The number of nitrogens with two attached hydrogens (primary N) is 1. The van der Waals surface area contributed by atoms with Crippen LogP contribution in [0.4, 0.5) is 10.1 Å². The van der Waals surface area contributed by atoms with Crippen LogP contribution in [0, 0.1) is 5.82 Å². The summed E-state index contributed by atoms with van der Waals surface area (Å²) < 4.78 is 13.0. The second kappa shape index (κ2) is 5.31. The lowest BCUT2D eigenvalue weighted by atomic mass is 9.93. The monoisotopic (exact) mass is 276 g/mol. The number of halogens is 1. The lowest BCUT2D eigenvalue weighted by Crippen LogP contribution is -2.46. The molecule has 2 unspecified atom stereocenters. The van der Waals surface area contributed by atoms with Crippen LogP contribution in [-0.4, -0.2) is 19.1 Å². The molecule has 2 heterocycles.